The summed E-state index contributed by atoms with van der Waals surface area (Å²) >= 11 is 5.13. The molecule has 74 valence electrons. The van der Waals surface area contributed by atoms with Crippen molar-refractivity contribution >= 4 is 58.3 Å². The monoisotopic (exact) mass is 405 g/mol. The zero-order chi connectivity index (χ0) is 10.9. The van der Waals surface area contributed by atoms with Gasteiger partial charge in [0, 0.05) is 18.7 Å². The molecule has 1 aromatic rings. The third-order valence-electron chi connectivity index (χ3n) is 1.41. The molecule has 0 N–H and O–H groups in total. The minimum Gasteiger partial charge on any atom is -0.207 e. The largest absolute Gasteiger partial charge is 0.262 e. The lowest BCUT2D eigenvalue weighted by molar-refractivity contribution is 0.609. The fraction of sp³-hybridized carbons (Fsp3) is 0. The number of benzene rings is 1. The van der Waals surface area contributed by atoms with E-state index in [1.165, 1.54) is 12.1 Å². The van der Waals surface area contributed by atoms with E-state index in [4.69, 9.17) is 15.9 Å². The van der Waals surface area contributed by atoms with Crippen LogP contribution in [0.2, 0.25) is 0 Å². The van der Waals surface area contributed by atoms with Gasteiger partial charge in [0.05, 0.1) is 5.56 Å². The van der Waals surface area contributed by atoms with E-state index >= 15 is 0 Å². The van der Waals surface area contributed by atoms with Gasteiger partial charge in [-0.15, -0.1) is 0 Å². The second-order valence-electron chi connectivity index (χ2n) is 2.31. The van der Waals surface area contributed by atoms with Crippen molar-refractivity contribution in [3.63, 3.8) is 0 Å². The van der Waals surface area contributed by atoms with Crippen LogP contribution in [0.4, 0.5) is 0 Å². The number of nitrogens with zero attached hydrogens (tertiary/aromatic N) is 1. The second-order valence-corrected chi connectivity index (χ2v) is 6.86. The van der Waals surface area contributed by atoms with Crippen molar-refractivity contribution < 1.29 is 8.42 Å². The molecule has 14 heavy (non-hydrogen) atoms. The fourth-order valence-electron chi connectivity index (χ4n) is 0.818. The molecule has 7 heteroatoms. The standard InChI is InChI=1S/C7H2BrClINO2S/c8-5-1-4(3-11)7(2-6(5)10)14(9,12)13/h1-2H. The van der Waals surface area contributed by atoms with E-state index in [1.54, 1.807) is 6.07 Å². The Morgan fingerprint density at radius 1 is 1.50 bits per heavy atom. The lowest BCUT2D eigenvalue weighted by atomic mass is 10.2. The van der Waals surface area contributed by atoms with Crippen LogP contribution < -0.4 is 0 Å². The van der Waals surface area contributed by atoms with E-state index in [0.717, 1.165) is 0 Å². The van der Waals surface area contributed by atoms with Gasteiger partial charge in [-0.2, -0.15) is 5.26 Å². The van der Waals surface area contributed by atoms with Crippen LogP contribution in [0.15, 0.2) is 21.5 Å². The minimum absolute atomic E-state index is 0.0345. The zero-order valence-corrected chi connectivity index (χ0v) is 11.8. The summed E-state index contributed by atoms with van der Waals surface area (Å²) in [7, 11) is 1.31. The van der Waals surface area contributed by atoms with Crippen LogP contribution in [0.1, 0.15) is 5.56 Å². The summed E-state index contributed by atoms with van der Waals surface area (Å²) < 4.78 is 23.5. The average Bonchev–Trinajstić information content (AvgIpc) is 2.07. The Bertz CT molecular complexity index is 523. The first kappa shape index (κ1) is 12.2. The maximum Gasteiger partial charge on any atom is 0.262 e. The number of halogens is 3. The Hall–Kier alpha value is 0.160. The van der Waals surface area contributed by atoms with Crippen LogP contribution >= 0.6 is 49.2 Å². The van der Waals surface area contributed by atoms with Crippen molar-refractivity contribution in [2.45, 2.75) is 4.90 Å². The maximum atomic E-state index is 11.1. The van der Waals surface area contributed by atoms with E-state index in [2.05, 4.69) is 15.9 Å². The van der Waals surface area contributed by atoms with Crippen molar-refractivity contribution in [2.75, 3.05) is 0 Å². The average molecular weight is 406 g/mol. The van der Waals surface area contributed by atoms with Crippen molar-refractivity contribution in [1.82, 2.24) is 0 Å². The molecule has 0 spiro atoms. The number of hydrogen-bond acceptors (Lipinski definition) is 3. The molecule has 0 saturated carbocycles. The minimum atomic E-state index is -3.86. The molecular weight excluding hydrogens is 404 g/mol. The summed E-state index contributed by atoms with van der Waals surface area (Å²) in [6.07, 6.45) is 0. The van der Waals surface area contributed by atoms with Gasteiger partial charge in [-0.05, 0) is 50.7 Å². The highest BCUT2D eigenvalue weighted by molar-refractivity contribution is 14.1. The summed E-state index contributed by atoms with van der Waals surface area (Å²) in [5.41, 5.74) is 0.0345. The fourth-order valence-corrected chi connectivity index (χ4v) is 2.85. The van der Waals surface area contributed by atoms with Gasteiger partial charge in [0.15, 0.2) is 0 Å². The Labute approximate surface area is 108 Å². The molecular formula is C7H2BrClINO2S. The first-order chi connectivity index (χ1) is 6.36. The molecule has 0 aliphatic rings. The molecule has 0 atom stereocenters. The highest BCUT2D eigenvalue weighted by Gasteiger charge is 2.17. The quantitative estimate of drug-likeness (QED) is 0.532. The van der Waals surface area contributed by atoms with Crippen molar-refractivity contribution in [3.05, 3.63) is 25.7 Å². The second kappa shape index (κ2) is 4.35. The molecule has 1 aromatic carbocycles. The van der Waals surface area contributed by atoms with E-state index < -0.39 is 9.05 Å². The lowest BCUT2D eigenvalue weighted by Crippen LogP contribution is -1.96. The van der Waals surface area contributed by atoms with Crippen LogP contribution in [-0.4, -0.2) is 8.42 Å². The van der Waals surface area contributed by atoms with Crippen molar-refractivity contribution in [1.29, 1.82) is 5.26 Å². The molecule has 0 amide bonds. The zero-order valence-electron chi connectivity index (χ0n) is 6.46. The number of hydrogen-bond donors (Lipinski definition) is 0. The summed E-state index contributed by atoms with van der Waals surface area (Å²) in [4.78, 5) is -0.158. The van der Waals surface area contributed by atoms with Crippen LogP contribution in [0.25, 0.3) is 0 Å². The molecule has 0 radical (unpaired) electrons. The van der Waals surface area contributed by atoms with Crippen LogP contribution in [-0.2, 0) is 9.05 Å². The van der Waals surface area contributed by atoms with Crippen LogP contribution in [0.3, 0.4) is 0 Å². The molecule has 1 rings (SSSR count). The van der Waals surface area contributed by atoms with E-state index in [-0.39, 0.29) is 10.5 Å². The number of nitriles is 1. The Kier molecular flexibility index (Phi) is 3.80. The first-order valence-electron chi connectivity index (χ1n) is 3.20. The SMILES string of the molecule is N#Cc1cc(Br)c(I)cc1S(=O)(=O)Cl. The summed E-state index contributed by atoms with van der Waals surface area (Å²) in [5, 5.41) is 8.70. The van der Waals surface area contributed by atoms with Gasteiger partial charge < -0.3 is 0 Å². The predicted molar refractivity (Wildman–Crippen MR) is 64.6 cm³/mol. The van der Waals surface area contributed by atoms with Gasteiger partial charge in [0.1, 0.15) is 11.0 Å². The van der Waals surface area contributed by atoms with Gasteiger partial charge in [-0.1, -0.05) is 0 Å². The molecule has 0 unspecified atom stereocenters. The Balaban J connectivity index is 3.61. The smallest absolute Gasteiger partial charge is 0.207 e. The number of rotatable bonds is 1. The third kappa shape index (κ3) is 2.59. The van der Waals surface area contributed by atoms with E-state index in [9.17, 15) is 8.42 Å². The molecule has 0 bridgehead atoms. The molecule has 3 nitrogen and oxygen atoms in total. The molecule has 0 aliphatic carbocycles. The normalized spacial score (nSPS) is 11.0. The van der Waals surface area contributed by atoms with Crippen LogP contribution in [0, 0.1) is 14.9 Å². The Morgan fingerprint density at radius 2 is 2.07 bits per heavy atom. The predicted octanol–water partition coefficient (Wildman–Crippen LogP) is 2.85. The molecule has 0 heterocycles. The van der Waals surface area contributed by atoms with Gasteiger partial charge in [-0.3, -0.25) is 0 Å². The molecule has 0 aliphatic heterocycles. The molecule has 0 fully saturated rings. The van der Waals surface area contributed by atoms with E-state index in [1.807, 2.05) is 22.6 Å². The summed E-state index contributed by atoms with van der Waals surface area (Å²) in [6.45, 7) is 0. The van der Waals surface area contributed by atoms with Crippen molar-refractivity contribution in [2.24, 2.45) is 0 Å². The summed E-state index contributed by atoms with van der Waals surface area (Å²) in [6, 6.07) is 4.55. The molecule has 0 aromatic heterocycles. The maximum absolute atomic E-state index is 11.1. The summed E-state index contributed by atoms with van der Waals surface area (Å²) in [5.74, 6) is 0. The van der Waals surface area contributed by atoms with Crippen molar-refractivity contribution in [3.8, 4) is 6.07 Å². The highest BCUT2D eigenvalue weighted by Crippen LogP contribution is 2.27. The molecule has 0 saturated heterocycles. The van der Waals surface area contributed by atoms with Gasteiger partial charge in [0.2, 0.25) is 0 Å². The van der Waals surface area contributed by atoms with Gasteiger partial charge in [-0.25, -0.2) is 8.42 Å². The van der Waals surface area contributed by atoms with Gasteiger partial charge >= 0.3 is 0 Å². The van der Waals surface area contributed by atoms with E-state index in [0.29, 0.717) is 8.04 Å². The van der Waals surface area contributed by atoms with Crippen LogP contribution in [0.5, 0.6) is 0 Å². The third-order valence-corrected chi connectivity index (χ3v) is 5.06. The highest BCUT2D eigenvalue weighted by atomic mass is 127. The lowest BCUT2D eigenvalue weighted by Gasteiger charge is -2.02. The van der Waals surface area contributed by atoms with Gasteiger partial charge in [0.25, 0.3) is 9.05 Å². The topological polar surface area (TPSA) is 57.9 Å². The first-order valence-corrected chi connectivity index (χ1v) is 7.38. The Morgan fingerprint density at radius 3 is 2.50 bits per heavy atom.